The molecule has 0 rings (SSSR count). The van der Waals surface area contributed by atoms with Crippen LogP contribution in [-0.4, -0.2) is 5.75 Å². The van der Waals surface area contributed by atoms with E-state index in [9.17, 15) is 0 Å². The zero-order chi connectivity index (χ0) is 9.78. The van der Waals surface area contributed by atoms with E-state index in [2.05, 4.69) is 6.92 Å². The Morgan fingerprint density at radius 3 is 1.27 bits per heavy atom. The van der Waals surface area contributed by atoms with Gasteiger partial charge >= 0.3 is 0 Å². The molecule has 0 saturated carbocycles. The molecule has 0 nitrogen and oxygen atoms in total. The number of unbranched alkanes of at least 4 members (excludes halogenated alkanes) is 9. The largest absolute Gasteiger partial charge is 0.0942 e. The van der Waals surface area contributed by atoms with Crippen LogP contribution in [0.3, 0.4) is 0 Å². The molecular formula is C12H25S3. The molecule has 0 aromatic heterocycles. The van der Waals surface area contributed by atoms with Gasteiger partial charge in [0.1, 0.15) is 0 Å². The lowest BCUT2D eigenvalue weighted by atomic mass is 10.1. The van der Waals surface area contributed by atoms with Gasteiger partial charge in [-0.3, -0.25) is 0 Å². The molecule has 0 saturated heterocycles. The quantitative estimate of drug-likeness (QED) is 0.401. The molecule has 0 N–H and O–H groups in total. The summed E-state index contributed by atoms with van der Waals surface area (Å²) in [4.78, 5) is 0. The topological polar surface area (TPSA) is 0 Å². The molecular weight excluding hydrogens is 240 g/mol. The van der Waals surface area contributed by atoms with Gasteiger partial charge in [0.15, 0.2) is 0 Å². The standard InChI is InChI=1S/C12H25S.2S/c1-2-3-4-5-6-7-8-9-10-11-12-13;;/h2-12H2,1H3;;. The van der Waals surface area contributed by atoms with Gasteiger partial charge in [-0.15, -0.1) is 0 Å². The molecule has 0 bridgehead atoms. The third-order valence-electron chi connectivity index (χ3n) is 2.50. The fourth-order valence-electron chi connectivity index (χ4n) is 1.59. The van der Waals surface area contributed by atoms with Crippen molar-refractivity contribution in [3.8, 4) is 0 Å². The SMILES string of the molecule is CCCCCCCCCCCC[S].[S].[S]. The normalized spacial score (nSPS) is 9.20. The van der Waals surface area contributed by atoms with Crippen LogP contribution < -0.4 is 0 Å². The van der Waals surface area contributed by atoms with Crippen molar-refractivity contribution in [3.05, 3.63) is 0 Å². The highest BCUT2D eigenvalue weighted by molar-refractivity contribution is 7.80. The highest BCUT2D eigenvalue weighted by Gasteiger charge is 1.91. The van der Waals surface area contributed by atoms with Gasteiger partial charge in [-0.1, -0.05) is 77.3 Å². The smallest absolute Gasteiger partial charge is 0.00369 e. The Bertz CT molecular complexity index is 76.9. The Labute approximate surface area is 116 Å². The second-order valence-electron chi connectivity index (χ2n) is 3.89. The van der Waals surface area contributed by atoms with Crippen LogP contribution in [0.2, 0.25) is 0 Å². The van der Waals surface area contributed by atoms with Crippen LogP contribution in [0.1, 0.15) is 71.1 Å². The van der Waals surface area contributed by atoms with Crippen LogP contribution in [0, 0.1) is 0 Å². The number of hydrogen-bond donors (Lipinski definition) is 0. The third-order valence-corrected chi connectivity index (χ3v) is 2.79. The van der Waals surface area contributed by atoms with Gasteiger partial charge in [-0.05, 0) is 6.42 Å². The van der Waals surface area contributed by atoms with Gasteiger partial charge in [0.2, 0.25) is 0 Å². The summed E-state index contributed by atoms with van der Waals surface area (Å²) >= 11 is 4.90. The summed E-state index contributed by atoms with van der Waals surface area (Å²) in [6.45, 7) is 2.27. The summed E-state index contributed by atoms with van der Waals surface area (Å²) in [7, 11) is 0. The molecule has 15 heavy (non-hydrogen) atoms. The minimum atomic E-state index is 0. The monoisotopic (exact) mass is 265 g/mol. The molecule has 0 unspecified atom stereocenters. The fourth-order valence-corrected chi connectivity index (χ4v) is 1.79. The lowest BCUT2D eigenvalue weighted by molar-refractivity contribution is 0.563. The molecule has 0 atom stereocenters. The van der Waals surface area contributed by atoms with Gasteiger partial charge in [-0.25, -0.2) is 0 Å². The first-order valence-electron chi connectivity index (χ1n) is 6.00. The maximum atomic E-state index is 4.90. The van der Waals surface area contributed by atoms with Crippen molar-refractivity contribution in [1.29, 1.82) is 0 Å². The van der Waals surface area contributed by atoms with E-state index in [1.165, 1.54) is 64.2 Å². The van der Waals surface area contributed by atoms with Gasteiger partial charge in [0.25, 0.3) is 0 Å². The van der Waals surface area contributed by atoms with Crippen LogP contribution in [-0.2, 0) is 0 Å². The summed E-state index contributed by atoms with van der Waals surface area (Å²) in [6, 6.07) is 0. The molecule has 0 aliphatic heterocycles. The Kier molecular flexibility index (Phi) is 29.1. The zero-order valence-corrected chi connectivity index (χ0v) is 12.5. The second kappa shape index (κ2) is 20.5. The molecule has 0 fully saturated rings. The average molecular weight is 266 g/mol. The highest BCUT2D eigenvalue weighted by Crippen LogP contribution is 2.10. The molecule has 91 valence electrons. The first-order chi connectivity index (χ1) is 6.41. The summed E-state index contributed by atoms with van der Waals surface area (Å²) in [5, 5.41) is 0. The van der Waals surface area contributed by atoms with Crippen molar-refractivity contribution < 1.29 is 0 Å². The third kappa shape index (κ3) is 21.0. The van der Waals surface area contributed by atoms with Crippen LogP contribution in [0.25, 0.3) is 0 Å². The Morgan fingerprint density at radius 2 is 0.933 bits per heavy atom. The van der Waals surface area contributed by atoms with Gasteiger partial charge < -0.3 is 0 Å². The fraction of sp³-hybridized carbons (Fsp3) is 1.00. The zero-order valence-electron chi connectivity index (χ0n) is 10.0. The van der Waals surface area contributed by atoms with Gasteiger partial charge in [-0.2, -0.15) is 0 Å². The first-order valence-corrected chi connectivity index (χ1v) is 6.57. The molecule has 0 aromatic carbocycles. The minimum Gasteiger partial charge on any atom is -0.0942 e. The second-order valence-corrected chi connectivity index (χ2v) is 4.29. The molecule has 5 radical (unpaired) electrons. The van der Waals surface area contributed by atoms with Crippen molar-refractivity contribution in [2.75, 3.05) is 5.75 Å². The average Bonchev–Trinajstić information content (AvgIpc) is 2.16. The van der Waals surface area contributed by atoms with Crippen molar-refractivity contribution in [2.45, 2.75) is 71.1 Å². The van der Waals surface area contributed by atoms with E-state index >= 15 is 0 Å². The molecule has 0 heterocycles. The van der Waals surface area contributed by atoms with E-state index in [1.54, 1.807) is 0 Å². The maximum absolute atomic E-state index is 4.90. The molecule has 0 amide bonds. The number of hydrogen-bond acceptors (Lipinski definition) is 0. The molecule has 3 heteroatoms. The van der Waals surface area contributed by atoms with Crippen molar-refractivity contribution in [3.63, 3.8) is 0 Å². The van der Waals surface area contributed by atoms with E-state index in [-0.39, 0.29) is 27.0 Å². The van der Waals surface area contributed by atoms with E-state index < -0.39 is 0 Å². The Balaban J connectivity index is -0.000000720. The Morgan fingerprint density at radius 1 is 0.600 bits per heavy atom. The predicted octanol–water partition coefficient (Wildman–Crippen LogP) is 6.40. The summed E-state index contributed by atoms with van der Waals surface area (Å²) in [6.07, 6.45) is 14.0. The van der Waals surface area contributed by atoms with Gasteiger partial charge in [0, 0.05) is 32.7 Å². The summed E-state index contributed by atoms with van der Waals surface area (Å²) in [5.41, 5.74) is 0. The summed E-state index contributed by atoms with van der Waals surface area (Å²) in [5.74, 6) is 0.955. The summed E-state index contributed by atoms with van der Waals surface area (Å²) < 4.78 is 0. The van der Waals surface area contributed by atoms with E-state index in [0.717, 1.165) is 5.75 Å². The van der Waals surface area contributed by atoms with Crippen molar-refractivity contribution in [2.24, 2.45) is 0 Å². The van der Waals surface area contributed by atoms with E-state index in [4.69, 9.17) is 12.6 Å². The number of rotatable bonds is 10. The van der Waals surface area contributed by atoms with Crippen LogP contribution >= 0.6 is 39.6 Å². The van der Waals surface area contributed by atoms with Gasteiger partial charge in [0.05, 0.1) is 0 Å². The molecule has 0 aromatic rings. The van der Waals surface area contributed by atoms with E-state index in [1.807, 2.05) is 0 Å². The lowest BCUT2D eigenvalue weighted by Crippen LogP contribution is -1.81. The van der Waals surface area contributed by atoms with Crippen LogP contribution in [0.4, 0.5) is 0 Å². The van der Waals surface area contributed by atoms with E-state index in [0.29, 0.717) is 0 Å². The Hall–Kier alpha value is 1.05. The van der Waals surface area contributed by atoms with Crippen LogP contribution in [0.5, 0.6) is 0 Å². The van der Waals surface area contributed by atoms with Crippen LogP contribution in [0.15, 0.2) is 0 Å². The lowest BCUT2D eigenvalue weighted by Gasteiger charge is -2.00. The molecule has 0 aliphatic rings. The highest BCUT2D eigenvalue weighted by atomic mass is 32.1. The van der Waals surface area contributed by atoms with Crippen molar-refractivity contribution >= 4 is 39.6 Å². The molecule has 0 aliphatic carbocycles. The first kappa shape index (κ1) is 21.3. The molecule has 0 spiro atoms. The minimum absolute atomic E-state index is 0. The maximum Gasteiger partial charge on any atom is 0.00369 e. The van der Waals surface area contributed by atoms with Crippen molar-refractivity contribution in [1.82, 2.24) is 0 Å². The predicted molar refractivity (Wildman–Crippen MR) is 79.5 cm³/mol.